The zero-order valence-corrected chi connectivity index (χ0v) is 11.4. The van der Waals surface area contributed by atoms with Gasteiger partial charge in [-0.25, -0.2) is 0 Å². The van der Waals surface area contributed by atoms with Gasteiger partial charge < -0.3 is 15.4 Å². The highest BCUT2D eigenvalue weighted by atomic mass is 35.5. The van der Waals surface area contributed by atoms with Gasteiger partial charge in [0.1, 0.15) is 0 Å². The van der Waals surface area contributed by atoms with Crippen molar-refractivity contribution in [2.75, 3.05) is 32.1 Å². The molecule has 0 spiro atoms. The summed E-state index contributed by atoms with van der Waals surface area (Å²) in [6.45, 7) is 0.508. The summed E-state index contributed by atoms with van der Waals surface area (Å²) < 4.78 is 42.4. The number of amides is 1. The van der Waals surface area contributed by atoms with E-state index >= 15 is 0 Å². The molecule has 1 aromatic carbocycles. The molecular formula is C12H14ClF3N2O2. The summed E-state index contributed by atoms with van der Waals surface area (Å²) in [6, 6.07) is 2.88. The fourth-order valence-corrected chi connectivity index (χ4v) is 1.55. The van der Waals surface area contributed by atoms with Crippen molar-refractivity contribution in [3.8, 4) is 0 Å². The molecule has 0 atom stereocenters. The van der Waals surface area contributed by atoms with Crippen LogP contribution in [-0.2, 0) is 15.7 Å². The molecule has 0 aromatic heterocycles. The third-order valence-corrected chi connectivity index (χ3v) is 2.69. The van der Waals surface area contributed by atoms with Gasteiger partial charge in [-0.1, -0.05) is 11.6 Å². The Morgan fingerprint density at radius 1 is 1.40 bits per heavy atom. The average Bonchev–Trinajstić information content (AvgIpc) is 2.36. The maximum Gasteiger partial charge on any atom is 0.416 e. The maximum atomic E-state index is 12.5. The average molecular weight is 311 g/mol. The molecule has 0 fully saturated rings. The summed E-state index contributed by atoms with van der Waals surface area (Å²) in [5, 5.41) is 5.21. The molecule has 0 unspecified atom stereocenters. The number of ether oxygens (including phenoxy) is 1. The molecular weight excluding hydrogens is 297 g/mol. The Bertz CT molecular complexity index is 467. The molecule has 0 saturated carbocycles. The van der Waals surface area contributed by atoms with Gasteiger partial charge in [0, 0.05) is 13.7 Å². The van der Waals surface area contributed by atoms with Crippen LogP contribution < -0.4 is 10.6 Å². The first-order chi connectivity index (χ1) is 9.34. The lowest BCUT2D eigenvalue weighted by Crippen LogP contribution is -2.32. The molecule has 1 rings (SSSR count). The Hall–Kier alpha value is -1.47. The zero-order chi connectivity index (χ0) is 15.2. The van der Waals surface area contributed by atoms with Gasteiger partial charge >= 0.3 is 6.18 Å². The summed E-state index contributed by atoms with van der Waals surface area (Å²) in [6.07, 6.45) is -4.46. The molecule has 8 heteroatoms. The Morgan fingerprint density at radius 3 is 2.70 bits per heavy atom. The van der Waals surface area contributed by atoms with Crippen LogP contribution in [0.2, 0.25) is 5.02 Å². The second-order valence-electron chi connectivity index (χ2n) is 3.89. The van der Waals surface area contributed by atoms with E-state index in [0.717, 1.165) is 18.2 Å². The van der Waals surface area contributed by atoms with E-state index in [1.807, 2.05) is 0 Å². The lowest BCUT2D eigenvalue weighted by Gasteiger charge is -2.12. The first kappa shape index (κ1) is 16.6. The maximum absolute atomic E-state index is 12.5. The Balaban J connectivity index is 2.61. The van der Waals surface area contributed by atoms with Crippen molar-refractivity contribution in [1.29, 1.82) is 0 Å². The minimum Gasteiger partial charge on any atom is -0.383 e. The molecule has 2 N–H and O–H groups in total. The third-order valence-electron chi connectivity index (χ3n) is 2.36. The van der Waals surface area contributed by atoms with Gasteiger partial charge in [0.25, 0.3) is 0 Å². The van der Waals surface area contributed by atoms with Crippen LogP contribution in [0.15, 0.2) is 18.2 Å². The Morgan fingerprint density at radius 2 is 2.10 bits per heavy atom. The predicted octanol–water partition coefficient (Wildman–Crippen LogP) is 2.53. The Kier molecular flexibility index (Phi) is 6.09. The lowest BCUT2D eigenvalue weighted by atomic mass is 10.2. The first-order valence-corrected chi connectivity index (χ1v) is 6.08. The van der Waals surface area contributed by atoms with Gasteiger partial charge in [0.15, 0.2) is 0 Å². The van der Waals surface area contributed by atoms with Crippen molar-refractivity contribution in [1.82, 2.24) is 5.32 Å². The van der Waals surface area contributed by atoms with E-state index in [4.69, 9.17) is 16.3 Å². The van der Waals surface area contributed by atoms with Gasteiger partial charge in [0.05, 0.1) is 29.4 Å². The van der Waals surface area contributed by atoms with E-state index in [9.17, 15) is 18.0 Å². The number of hydrogen-bond acceptors (Lipinski definition) is 3. The van der Waals surface area contributed by atoms with Crippen LogP contribution in [-0.4, -0.2) is 32.7 Å². The van der Waals surface area contributed by atoms with E-state index in [1.165, 1.54) is 7.11 Å². The van der Waals surface area contributed by atoms with Crippen LogP contribution in [0.3, 0.4) is 0 Å². The van der Waals surface area contributed by atoms with Crippen molar-refractivity contribution in [2.24, 2.45) is 0 Å². The Labute approximate surface area is 119 Å². The highest BCUT2D eigenvalue weighted by molar-refractivity contribution is 6.33. The molecule has 0 aliphatic heterocycles. The van der Waals surface area contributed by atoms with Gasteiger partial charge in [-0.05, 0) is 18.2 Å². The molecule has 0 radical (unpaired) electrons. The lowest BCUT2D eigenvalue weighted by molar-refractivity contribution is -0.137. The molecule has 0 heterocycles. The number of alkyl halides is 3. The monoisotopic (exact) mass is 310 g/mol. The second-order valence-corrected chi connectivity index (χ2v) is 4.30. The quantitative estimate of drug-likeness (QED) is 0.794. The smallest absolute Gasteiger partial charge is 0.383 e. The molecule has 20 heavy (non-hydrogen) atoms. The number of hydrogen-bond donors (Lipinski definition) is 2. The van der Waals surface area contributed by atoms with Crippen molar-refractivity contribution in [2.45, 2.75) is 6.18 Å². The highest BCUT2D eigenvalue weighted by Crippen LogP contribution is 2.33. The van der Waals surface area contributed by atoms with Crippen molar-refractivity contribution >= 4 is 23.2 Å². The SMILES string of the molecule is COCCNC(=O)CNc1cc(C(F)(F)F)ccc1Cl. The summed E-state index contributed by atoms with van der Waals surface area (Å²) in [5.41, 5.74) is -0.771. The van der Waals surface area contributed by atoms with Gasteiger partial charge in [-0.15, -0.1) is 0 Å². The summed E-state index contributed by atoms with van der Waals surface area (Å²) in [5.74, 6) is -0.365. The fourth-order valence-electron chi connectivity index (χ4n) is 1.37. The molecule has 0 saturated heterocycles. The number of carbonyl (C=O) groups excluding carboxylic acids is 1. The van der Waals surface area contributed by atoms with Crippen LogP contribution in [0, 0.1) is 0 Å². The van der Waals surface area contributed by atoms with Crippen molar-refractivity contribution in [3.05, 3.63) is 28.8 Å². The van der Waals surface area contributed by atoms with Crippen LogP contribution in [0.25, 0.3) is 0 Å². The normalized spacial score (nSPS) is 11.2. The largest absolute Gasteiger partial charge is 0.416 e. The van der Waals surface area contributed by atoms with Crippen molar-refractivity contribution in [3.63, 3.8) is 0 Å². The zero-order valence-electron chi connectivity index (χ0n) is 10.7. The molecule has 1 aromatic rings. The van der Waals surface area contributed by atoms with Crippen LogP contribution >= 0.6 is 11.6 Å². The number of nitrogens with one attached hydrogen (secondary N) is 2. The predicted molar refractivity (Wildman–Crippen MR) is 69.8 cm³/mol. The van der Waals surface area contributed by atoms with Gasteiger partial charge in [0.2, 0.25) is 5.91 Å². The molecule has 4 nitrogen and oxygen atoms in total. The molecule has 0 aliphatic carbocycles. The van der Waals surface area contributed by atoms with E-state index in [1.54, 1.807) is 0 Å². The van der Waals surface area contributed by atoms with Crippen LogP contribution in [0.4, 0.5) is 18.9 Å². The minimum absolute atomic E-state index is 0.0587. The van der Waals surface area contributed by atoms with Gasteiger partial charge in [-0.3, -0.25) is 4.79 Å². The van der Waals surface area contributed by atoms with E-state index in [2.05, 4.69) is 10.6 Å². The van der Waals surface area contributed by atoms with E-state index in [0.29, 0.717) is 13.2 Å². The van der Waals surface area contributed by atoms with E-state index in [-0.39, 0.29) is 23.2 Å². The number of carbonyl (C=O) groups is 1. The molecule has 112 valence electrons. The van der Waals surface area contributed by atoms with Crippen molar-refractivity contribution < 1.29 is 22.7 Å². The fraction of sp³-hybridized carbons (Fsp3) is 0.417. The molecule has 0 bridgehead atoms. The summed E-state index contributed by atoms with van der Waals surface area (Å²) in [7, 11) is 1.49. The number of methoxy groups -OCH3 is 1. The van der Waals surface area contributed by atoms with Crippen LogP contribution in [0.1, 0.15) is 5.56 Å². The molecule has 0 aliphatic rings. The number of benzene rings is 1. The number of rotatable bonds is 6. The van der Waals surface area contributed by atoms with Gasteiger partial charge in [-0.2, -0.15) is 13.2 Å². The summed E-state index contributed by atoms with van der Waals surface area (Å²) >= 11 is 5.77. The topological polar surface area (TPSA) is 50.4 Å². The standard InChI is InChI=1S/C12H14ClF3N2O2/c1-20-5-4-17-11(19)7-18-10-6-8(12(14,15)16)2-3-9(10)13/h2-3,6,18H,4-5,7H2,1H3,(H,17,19). The van der Waals surface area contributed by atoms with E-state index < -0.39 is 11.7 Å². The highest BCUT2D eigenvalue weighted by Gasteiger charge is 2.30. The summed E-state index contributed by atoms with van der Waals surface area (Å²) in [4.78, 5) is 11.4. The third kappa shape index (κ3) is 5.26. The number of anilines is 1. The molecule has 1 amide bonds. The minimum atomic E-state index is -4.46. The van der Waals surface area contributed by atoms with Crippen LogP contribution in [0.5, 0.6) is 0 Å². The number of halogens is 4. The first-order valence-electron chi connectivity index (χ1n) is 5.71. The second kappa shape index (κ2) is 7.35.